The highest BCUT2D eigenvalue weighted by Gasteiger charge is 2.11. The summed E-state index contributed by atoms with van der Waals surface area (Å²) in [5.74, 6) is -0.299. The molecule has 0 saturated heterocycles. The molecule has 5 heteroatoms. The lowest BCUT2D eigenvalue weighted by Crippen LogP contribution is -2.43. The molecule has 0 saturated carbocycles. The van der Waals surface area contributed by atoms with Gasteiger partial charge in [-0.15, -0.1) is 0 Å². The summed E-state index contributed by atoms with van der Waals surface area (Å²) in [5.41, 5.74) is 1.15. The van der Waals surface area contributed by atoms with E-state index in [-0.39, 0.29) is 12.5 Å². The van der Waals surface area contributed by atoms with Crippen LogP contribution in [0, 0.1) is 0 Å². The Hall–Kier alpha value is -1.88. The van der Waals surface area contributed by atoms with E-state index in [1.807, 2.05) is 42.2 Å². The molecule has 0 unspecified atom stereocenters. The number of amides is 3. The fourth-order valence-electron chi connectivity index (χ4n) is 1.55. The average Bonchev–Trinajstić information content (AvgIpc) is 2.38. The van der Waals surface area contributed by atoms with E-state index in [0.29, 0.717) is 6.54 Å². The Balaban J connectivity index is 2.47. The molecule has 0 atom stereocenters. The molecule has 5 nitrogen and oxygen atoms in total. The highest BCUT2D eigenvalue weighted by atomic mass is 16.2. The quantitative estimate of drug-likeness (QED) is 0.817. The lowest BCUT2D eigenvalue weighted by atomic mass is 10.2. The number of nitrogens with one attached hydrogen (secondary N) is 2. The molecule has 2 N–H and O–H groups in total. The molecule has 0 spiro atoms. The summed E-state index contributed by atoms with van der Waals surface area (Å²) in [6.45, 7) is 3.63. The van der Waals surface area contributed by atoms with Gasteiger partial charge < -0.3 is 5.32 Å². The highest BCUT2D eigenvalue weighted by molar-refractivity contribution is 5.95. The number of nitrogens with zero attached hydrogens (tertiary/aromatic N) is 1. The Morgan fingerprint density at radius 2 is 1.89 bits per heavy atom. The smallest absolute Gasteiger partial charge is 0.321 e. The maximum absolute atomic E-state index is 11.6. The fourth-order valence-corrected chi connectivity index (χ4v) is 1.55. The van der Waals surface area contributed by atoms with Crippen molar-refractivity contribution in [1.82, 2.24) is 15.5 Å². The van der Waals surface area contributed by atoms with Crippen molar-refractivity contribution >= 4 is 11.9 Å². The Kier molecular flexibility index (Phi) is 5.87. The van der Waals surface area contributed by atoms with Crippen LogP contribution in [0.5, 0.6) is 0 Å². The summed E-state index contributed by atoms with van der Waals surface area (Å²) < 4.78 is 0. The van der Waals surface area contributed by atoms with Crippen LogP contribution < -0.4 is 10.6 Å². The topological polar surface area (TPSA) is 61.4 Å². The minimum absolute atomic E-state index is 0.207. The number of hydrogen-bond donors (Lipinski definition) is 2. The van der Waals surface area contributed by atoms with Crippen molar-refractivity contribution < 1.29 is 9.59 Å². The summed E-state index contributed by atoms with van der Waals surface area (Å²) in [6, 6.07) is 9.44. The second-order valence-electron chi connectivity index (χ2n) is 3.92. The van der Waals surface area contributed by atoms with Crippen LogP contribution in [0.3, 0.4) is 0 Å². The van der Waals surface area contributed by atoms with E-state index >= 15 is 0 Å². The largest absolute Gasteiger partial charge is 0.341 e. The number of imide groups is 1. The van der Waals surface area contributed by atoms with Crippen LogP contribution in [0.2, 0.25) is 0 Å². The molecular formula is C13H19N3O2. The number of urea groups is 1. The second kappa shape index (κ2) is 7.45. The van der Waals surface area contributed by atoms with Crippen LogP contribution in [0.1, 0.15) is 12.5 Å². The van der Waals surface area contributed by atoms with E-state index < -0.39 is 6.03 Å². The van der Waals surface area contributed by atoms with Crippen molar-refractivity contribution in [2.45, 2.75) is 13.5 Å². The third kappa shape index (κ3) is 4.97. The summed E-state index contributed by atoms with van der Waals surface area (Å²) in [7, 11) is 1.48. The number of likely N-dealkylation sites (N-methyl/N-ethyl adjacent to an activating group) is 1. The third-order valence-corrected chi connectivity index (χ3v) is 2.54. The number of carbonyl (C=O) groups is 2. The normalized spacial score (nSPS) is 10.2. The van der Waals surface area contributed by atoms with Crippen LogP contribution in [0.15, 0.2) is 30.3 Å². The van der Waals surface area contributed by atoms with E-state index in [0.717, 1.165) is 12.1 Å². The Morgan fingerprint density at radius 3 is 2.44 bits per heavy atom. The molecule has 0 aromatic heterocycles. The number of hydrogen-bond acceptors (Lipinski definition) is 3. The number of rotatable bonds is 5. The Bertz CT molecular complexity index is 392. The van der Waals surface area contributed by atoms with Gasteiger partial charge in [0.15, 0.2) is 0 Å². The summed E-state index contributed by atoms with van der Waals surface area (Å²) in [4.78, 5) is 24.5. The zero-order valence-corrected chi connectivity index (χ0v) is 10.8. The van der Waals surface area contributed by atoms with Crippen LogP contribution in [-0.4, -0.2) is 37.0 Å². The first-order chi connectivity index (χ1) is 8.65. The average molecular weight is 249 g/mol. The standard InChI is InChI=1S/C13H19N3O2/c1-3-16(9-11-7-5-4-6-8-11)10-12(17)15-13(18)14-2/h4-8H,3,9-10H2,1-2H3,(H2,14,15,17,18). The minimum atomic E-state index is -0.476. The molecule has 1 aromatic rings. The van der Waals surface area contributed by atoms with Gasteiger partial charge in [0, 0.05) is 13.6 Å². The first-order valence-electron chi connectivity index (χ1n) is 5.93. The van der Waals surface area contributed by atoms with E-state index in [1.165, 1.54) is 7.05 Å². The molecule has 3 amide bonds. The van der Waals surface area contributed by atoms with Crippen molar-refractivity contribution in [2.75, 3.05) is 20.1 Å². The number of benzene rings is 1. The van der Waals surface area contributed by atoms with E-state index in [2.05, 4.69) is 10.6 Å². The lowest BCUT2D eigenvalue weighted by molar-refractivity contribution is -0.121. The monoisotopic (exact) mass is 249 g/mol. The zero-order chi connectivity index (χ0) is 13.4. The first-order valence-corrected chi connectivity index (χ1v) is 5.93. The van der Waals surface area contributed by atoms with Gasteiger partial charge in [0.1, 0.15) is 0 Å². The van der Waals surface area contributed by atoms with Gasteiger partial charge in [-0.1, -0.05) is 37.3 Å². The molecule has 18 heavy (non-hydrogen) atoms. The van der Waals surface area contributed by atoms with Gasteiger partial charge in [-0.25, -0.2) is 4.79 Å². The van der Waals surface area contributed by atoms with Crippen molar-refractivity contribution in [3.63, 3.8) is 0 Å². The predicted molar refractivity (Wildman–Crippen MR) is 70.0 cm³/mol. The molecule has 0 aliphatic carbocycles. The van der Waals surface area contributed by atoms with E-state index in [9.17, 15) is 9.59 Å². The van der Waals surface area contributed by atoms with Gasteiger partial charge >= 0.3 is 6.03 Å². The van der Waals surface area contributed by atoms with Crippen molar-refractivity contribution in [3.05, 3.63) is 35.9 Å². The maximum Gasteiger partial charge on any atom is 0.321 e. The molecule has 0 aliphatic heterocycles. The second-order valence-corrected chi connectivity index (χ2v) is 3.92. The SMILES string of the molecule is CCN(CC(=O)NC(=O)NC)Cc1ccccc1. The molecule has 0 heterocycles. The van der Waals surface area contributed by atoms with Crippen LogP contribution in [0.4, 0.5) is 4.79 Å². The third-order valence-electron chi connectivity index (χ3n) is 2.54. The molecule has 1 aromatic carbocycles. The fraction of sp³-hybridized carbons (Fsp3) is 0.385. The van der Waals surface area contributed by atoms with E-state index in [4.69, 9.17) is 0 Å². The predicted octanol–water partition coefficient (Wildman–Crippen LogP) is 0.964. The van der Waals surface area contributed by atoms with E-state index in [1.54, 1.807) is 0 Å². The number of carbonyl (C=O) groups excluding carboxylic acids is 2. The maximum atomic E-state index is 11.6. The molecule has 0 radical (unpaired) electrons. The summed E-state index contributed by atoms with van der Waals surface area (Å²) >= 11 is 0. The van der Waals surface area contributed by atoms with Gasteiger partial charge in [0.05, 0.1) is 6.54 Å². The van der Waals surface area contributed by atoms with Crippen molar-refractivity contribution in [2.24, 2.45) is 0 Å². The van der Waals surface area contributed by atoms with Crippen LogP contribution in [0.25, 0.3) is 0 Å². The Morgan fingerprint density at radius 1 is 1.22 bits per heavy atom. The highest BCUT2D eigenvalue weighted by Crippen LogP contribution is 2.03. The minimum Gasteiger partial charge on any atom is -0.341 e. The van der Waals surface area contributed by atoms with Crippen LogP contribution in [-0.2, 0) is 11.3 Å². The molecule has 98 valence electrons. The van der Waals surface area contributed by atoms with Gasteiger partial charge in [-0.05, 0) is 12.1 Å². The zero-order valence-electron chi connectivity index (χ0n) is 10.8. The van der Waals surface area contributed by atoms with Crippen molar-refractivity contribution in [1.29, 1.82) is 0 Å². The molecule has 0 aliphatic rings. The molecule has 0 fully saturated rings. The van der Waals surface area contributed by atoms with Crippen molar-refractivity contribution in [3.8, 4) is 0 Å². The summed E-state index contributed by atoms with van der Waals surface area (Å²) in [5, 5.41) is 4.60. The molecule has 1 rings (SSSR count). The first kappa shape index (κ1) is 14.2. The molecule has 0 bridgehead atoms. The van der Waals surface area contributed by atoms with Gasteiger partial charge in [0.2, 0.25) is 5.91 Å². The van der Waals surface area contributed by atoms with Gasteiger partial charge in [-0.2, -0.15) is 0 Å². The van der Waals surface area contributed by atoms with Gasteiger partial charge in [-0.3, -0.25) is 15.0 Å². The molecular weight excluding hydrogens is 230 g/mol. The van der Waals surface area contributed by atoms with Gasteiger partial charge in [0.25, 0.3) is 0 Å². The van der Waals surface area contributed by atoms with Crippen LogP contribution >= 0.6 is 0 Å². The Labute approximate surface area is 107 Å². The summed E-state index contributed by atoms with van der Waals surface area (Å²) in [6.07, 6.45) is 0. The lowest BCUT2D eigenvalue weighted by Gasteiger charge is -2.19.